The molecule has 0 saturated heterocycles. The first-order valence-corrected chi connectivity index (χ1v) is 9.32. The smallest absolute Gasteiger partial charge is 0.227 e. The molecular weight excluding hydrogens is 340 g/mol. The van der Waals surface area contributed by atoms with Crippen LogP contribution in [-0.4, -0.2) is 38.5 Å². The number of hydrogen-bond acceptors (Lipinski definition) is 3. The Morgan fingerprint density at radius 1 is 1.04 bits per heavy atom. The van der Waals surface area contributed by atoms with Gasteiger partial charge in [-0.15, -0.1) is 0 Å². The quantitative estimate of drug-likeness (QED) is 0.468. The zero-order chi connectivity index (χ0) is 19.5. The number of carbonyl (C=O) groups is 1. The summed E-state index contributed by atoms with van der Waals surface area (Å²) in [6, 6.07) is 14.1. The summed E-state index contributed by atoms with van der Waals surface area (Å²) in [6.07, 6.45) is 3.35. The van der Waals surface area contributed by atoms with E-state index in [1.54, 1.807) is 13.3 Å². The largest absolute Gasteiger partial charge is 0.469 e. The molecule has 1 aromatic carbocycles. The van der Waals surface area contributed by atoms with E-state index in [-0.39, 0.29) is 5.91 Å². The van der Waals surface area contributed by atoms with Crippen LogP contribution in [0.4, 0.5) is 0 Å². The molecule has 0 bridgehead atoms. The second-order valence-corrected chi connectivity index (χ2v) is 7.05. The van der Waals surface area contributed by atoms with Gasteiger partial charge in [0.15, 0.2) is 5.96 Å². The van der Waals surface area contributed by atoms with Crippen molar-refractivity contribution in [3.63, 3.8) is 0 Å². The molecule has 1 amide bonds. The lowest BCUT2D eigenvalue weighted by Crippen LogP contribution is -2.42. The molecule has 3 N–H and O–H groups in total. The third-order valence-corrected chi connectivity index (χ3v) is 4.27. The number of nitrogens with zero attached hydrogens (tertiary/aromatic N) is 1. The molecule has 0 aliphatic carbocycles. The summed E-state index contributed by atoms with van der Waals surface area (Å²) in [5, 5.41) is 9.37. The van der Waals surface area contributed by atoms with Crippen LogP contribution in [-0.2, 0) is 17.6 Å². The van der Waals surface area contributed by atoms with Gasteiger partial charge in [-0.05, 0) is 38.0 Å². The highest BCUT2D eigenvalue weighted by Crippen LogP contribution is 2.15. The van der Waals surface area contributed by atoms with Crippen LogP contribution in [0, 0.1) is 5.41 Å². The van der Waals surface area contributed by atoms with Gasteiger partial charge in [-0.2, -0.15) is 0 Å². The summed E-state index contributed by atoms with van der Waals surface area (Å²) in [6.45, 7) is 5.63. The monoisotopic (exact) mass is 370 g/mol. The molecule has 0 fully saturated rings. The number of rotatable bonds is 9. The number of hydrogen-bond donors (Lipinski definition) is 3. The maximum atomic E-state index is 12.0. The first-order chi connectivity index (χ1) is 13.0. The molecule has 0 spiro atoms. The number of nitrogens with one attached hydrogen (secondary N) is 3. The van der Waals surface area contributed by atoms with E-state index in [0.717, 1.165) is 25.1 Å². The van der Waals surface area contributed by atoms with Crippen molar-refractivity contribution in [2.75, 3.05) is 26.7 Å². The highest BCUT2D eigenvalue weighted by Gasteiger charge is 2.26. The van der Waals surface area contributed by atoms with Crippen molar-refractivity contribution in [3.8, 4) is 0 Å². The topological polar surface area (TPSA) is 78.7 Å². The van der Waals surface area contributed by atoms with E-state index < -0.39 is 5.41 Å². The van der Waals surface area contributed by atoms with Crippen molar-refractivity contribution < 1.29 is 9.21 Å². The molecule has 1 heterocycles. The fourth-order valence-corrected chi connectivity index (χ4v) is 2.59. The van der Waals surface area contributed by atoms with Gasteiger partial charge in [0.2, 0.25) is 5.91 Å². The summed E-state index contributed by atoms with van der Waals surface area (Å²) < 4.78 is 5.36. The van der Waals surface area contributed by atoms with Crippen LogP contribution < -0.4 is 16.0 Å². The molecule has 6 nitrogen and oxygen atoms in total. The van der Waals surface area contributed by atoms with Crippen LogP contribution in [0.15, 0.2) is 58.1 Å². The van der Waals surface area contributed by atoms with E-state index >= 15 is 0 Å². The number of benzene rings is 1. The minimum atomic E-state index is -0.566. The minimum Gasteiger partial charge on any atom is -0.469 e. The molecule has 27 heavy (non-hydrogen) atoms. The fraction of sp³-hybridized carbons (Fsp3) is 0.429. The number of amides is 1. The third-order valence-electron chi connectivity index (χ3n) is 4.27. The second kappa shape index (κ2) is 10.4. The molecule has 0 aliphatic heterocycles. The summed E-state index contributed by atoms with van der Waals surface area (Å²) >= 11 is 0. The molecule has 6 heteroatoms. The molecule has 0 unspecified atom stereocenters. The van der Waals surface area contributed by atoms with Gasteiger partial charge in [-0.1, -0.05) is 30.3 Å². The van der Waals surface area contributed by atoms with E-state index in [0.29, 0.717) is 19.0 Å². The standard InChI is InChI=1S/C21H30N4O2/c1-21(2,19(26)22-3)16-25-20(24-14-12-18-10-7-15-27-18)23-13-11-17-8-5-4-6-9-17/h4-10,15H,11-14,16H2,1-3H3,(H,22,26)(H2,23,24,25). The molecule has 0 atom stereocenters. The number of furan rings is 1. The first-order valence-electron chi connectivity index (χ1n) is 9.32. The third kappa shape index (κ3) is 7.17. The molecule has 0 radical (unpaired) electrons. The number of guanidine groups is 1. The SMILES string of the molecule is CNC(=O)C(C)(C)CN=C(NCCc1ccccc1)NCCc1ccco1. The first kappa shape index (κ1) is 20.6. The molecule has 0 aliphatic rings. The van der Waals surface area contributed by atoms with E-state index in [9.17, 15) is 4.79 Å². The summed E-state index contributed by atoms with van der Waals surface area (Å²) in [7, 11) is 1.65. The van der Waals surface area contributed by atoms with E-state index in [4.69, 9.17) is 4.42 Å². The molecule has 2 aromatic rings. The molecule has 0 saturated carbocycles. The van der Waals surface area contributed by atoms with Crippen molar-refractivity contribution in [2.24, 2.45) is 10.4 Å². The zero-order valence-electron chi connectivity index (χ0n) is 16.4. The van der Waals surface area contributed by atoms with E-state index in [2.05, 4.69) is 33.1 Å². The van der Waals surface area contributed by atoms with Gasteiger partial charge in [0, 0.05) is 26.6 Å². The van der Waals surface area contributed by atoms with E-state index in [1.165, 1.54) is 5.56 Å². The second-order valence-electron chi connectivity index (χ2n) is 7.05. The highest BCUT2D eigenvalue weighted by atomic mass is 16.3. The van der Waals surface area contributed by atoms with Gasteiger partial charge < -0.3 is 20.4 Å². The van der Waals surface area contributed by atoms with Crippen LogP contribution in [0.25, 0.3) is 0 Å². The number of aliphatic imine (C=N–C) groups is 1. The van der Waals surface area contributed by atoms with Gasteiger partial charge in [0.25, 0.3) is 0 Å². The Morgan fingerprint density at radius 3 is 2.37 bits per heavy atom. The van der Waals surface area contributed by atoms with Crippen LogP contribution >= 0.6 is 0 Å². The molecular formula is C21H30N4O2. The Hall–Kier alpha value is -2.76. The van der Waals surface area contributed by atoms with Crippen molar-refractivity contribution in [3.05, 3.63) is 60.1 Å². The van der Waals surface area contributed by atoms with Crippen LogP contribution in [0.5, 0.6) is 0 Å². The lowest BCUT2D eigenvalue weighted by atomic mass is 9.93. The van der Waals surface area contributed by atoms with Crippen LogP contribution in [0.3, 0.4) is 0 Å². The summed E-state index contributed by atoms with van der Waals surface area (Å²) in [4.78, 5) is 16.6. The maximum Gasteiger partial charge on any atom is 0.227 e. The van der Waals surface area contributed by atoms with Crippen molar-refractivity contribution in [1.29, 1.82) is 0 Å². The molecule has 2 rings (SSSR count). The Balaban J connectivity index is 1.91. The van der Waals surface area contributed by atoms with Crippen molar-refractivity contribution in [1.82, 2.24) is 16.0 Å². The lowest BCUT2D eigenvalue weighted by molar-refractivity contribution is -0.128. The van der Waals surface area contributed by atoms with Crippen molar-refractivity contribution >= 4 is 11.9 Å². The fourth-order valence-electron chi connectivity index (χ4n) is 2.59. The predicted octanol–water partition coefficient (Wildman–Crippen LogP) is 2.37. The lowest BCUT2D eigenvalue weighted by Gasteiger charge is -2.21. The Morgan fingerprint density at radius 2 is 1.74 bits per heavy atom. The van der Waals surface area contributed by atoms with Gasteiger partial charge in [-0.25, -0.2) is 0 Å². The average molecular weight is 370 g/mol. The van der Waals surface area contributed by atoms with Crippen LogP contribution in [0.1, 0.15) is 25.2 Å². The van der Waals surface area contributed by atoms with Gasteiger partial charge in [-0.3, -0.25) is 9.79 Å². The van der Waals surface area contributed by atoms with Gasteiger partial charge in [0.1, 0.15) is 5.76 Å². The van der Waals surface area contributed by atoms with Crippen molar-refractivity contribution in [2.45, 2.75) is 26.7 Å². The van der Waals surface area contributed by atoms with Gasteiger partial charge >= 0.3 is 0 Å². The summed E-state index contributed by atoms with van der Waals surface area (Å²) in [5.74, 6) is 1.61. The Bertz CT molecular complexity index is 709. The Kier molecular flexibility index (Phi) is 7.92. The van der Waals surface area contributed by atoms with Crippen LogP contribution in [0.2, 0.25) is 0 Å². The van der Waals surface area contributed by atoms with Gasteiger partial charge in [0.05, 0.1) is 18.2 Å². The normalized spacial score (nSPS) is 11.9. The average Bonchev–Trinajstić information content (AvgIpc) is 3.19. The Labute approximate surface area is 161 Å². The summed E-state index contributed by atoms with van der Waals surface area (Å²) in [5.41, 5.74) is 0.703. The maximum absolute atomic E-state index is 12.0. The molecule has 1 aromatic heterocycles. The predicted molar refractivity (Wildman–Crippen MR) is 109 cm³/mol. The minimum absolute atomic E-state index is 0.0227. The zero-order valence-corrected chi connectivity index (χ0v) is 16.4. The van der Waals surface area contributed by atoms with E-state index in [1.807, 2.05) is 44.2 Å². The highest BCUT2D eigenvalue weighted by molar-refractivity contribution is 5.83. The molecule has 146 valence electrons. The number of carbonyl (C=O) groups excluding carboxylic acids is 1.